The van der Waals surface area contributed by atoms with Gasteiger partial charge in [-0.15, -0.1) is 11.6 Å². The molecule has 2 atom stereocenters. The van der Waals surface area contributed by atoms with Crippen LogP contribution in [0.4, 0.5) is 4.79 Å². The fraction of sp³-hybridized carbons (Fsp3) is 0.522. The highest BCUT2D eigenvalue weighted by Gasteiger charge is 2.29. The maximum absolute atomic E-state index is 13.1. The van der Waals surface area contributed by atoms with E-state index in [1.807, 2.05) is 44.3 Å². The van der Waals surface area contributed by atoms with Crippen molar-refractivity contribution in [3.8, 4) is 0 Å². The quantitative estimate of drug-likeness (QED) is 0.504. The van der Waals surface area contributed by atoms with E-state index in [9.17, 15) is 14.4 Å². The van der Waals surface area contributed by atoms with Crippen molar-refractivity contribution in [2.24, 2.45) is 5.92 Å². The fourth-order valence-corrected chi connectivity index (χ4v) is 3.47. The minimum absolute atomic E-state index is 0.184. The van der Waals surface area contributed by atoms with Gasteiger partial charge in [-0.25, -0.2) is 4.79 Å². The molecule has 0 aliphatic heterocycles. The summed E-state index contributed by atoms with van der Waals surface area (Å²) < 4.78 is 5.34. The van der Waals surface area contributed by atoms with Crippen LogP contribution < -0.4 is 10.6 Å². The van der Waals surface area contributed by atoms with Crippen molar-refractivity contribution in [2.45, 2.75) is 65.1 Å². The van der Waals surface area contributed by atoms with Gasteiger partial charge >= 0.3 is 6.09 Å². The zero-order valence-corrected chi connectivity index (χ0v) is 19.5. The zero-order chi connectivity index (χ0) is 23.2. The minimum Gasteiger partial charge on any atom is -0.444 e. The first kappa shape index (κ1) is 24.7. The first-order valence-corrected chi connectivity index (χ1v) is 11.0. The maximum Gasteiger partial charge on any atom is 0.408 e. The van der Waals surface area contributed by atoms with Crippen molar-refractivity contribution in [1.82, 2.24) is 15.6 Å². The SMILES string of the molecule is CC(C)C[C@H](NC(=O)[C@H](Cc1c[nH]c2ccccc12)NC(=O)OC(C)(C)C)C(=O)CCl. The van der Waals surface area contributed by atoms with Crippen molar-refractivity contribution in [3.63, 3.8) is 0 Å². The number of fused-ring (bicyclic) bond motifs is 1. The van der Waals surface area contributed by atoms with Gasteiger partial charge in [0, 0.05) is 23.5 Å². The van der Waals surface area contributed by atoms with Crippen LogP contribution in [0.2, 0.25) is 0 Å². The third kappa shape index (κ3) is 7.58. The van der Waals surface area contributed by atoms with Gasteiger partial charge < -0.3 is 20.4 Å². The number of ketones is 1. The number of alkyl halides is 1. The molecular formula is C23H32ClN3O4. The summed E-state index contributed by atoms with van der Waals surface area (Å²) in [5.41, 5.74) is 1.10. The molecule has 170 valence electrons. The molecule has 31 heavy (non-hydrogen) atoms. The molecule has 0 radical (unpaired) electrons. The number of hydrogen-bond acceptors (Lipinski definition) is 4. The molecule has 0 saturated heterocycles. The Labute approximate surface area is 188 Å². The Hall–Kier alpha value is -2.54. The van der Waals surface area contributed by atoms with Gasteiger partial charge in [0.1, 0.15) is 11.6 Å². The Morgan fingerprint density at radius 1 is 1.10 bits per heavy atom. The maximum atomic E-state index is 13.1. The van der Waals surface area contributed by atoms with Gasteiger partial charge in [0.25, 0.3) is 0 Å². The monoisotopic (exact) mass is 449 g/mol. The van der Waals surface area contributed by atoms with Crippen molar-refractivity contribution >= 4 is 40.3 Å². The number of halogens is 1. The molecule has 0 unspecified atom stereocenters. The first-order chi connectivity index (χ1) is 14.5. The number of H-pyrrole nitrogens is 1. The molecule has 8 heteroatoms. The van der Waals surface area contributed by atoms with E-state index in [-0.39, 0.29) is 24.0 Å². The highest BCUT2D eigenvalue weighted by molar-refractivity contribution is 6.28. The summed E-state index contributed by atoms with van der Waals surface area (Å²) in [4.78, 5) is 41.0. The summed E-state index contributed by atoms with van der Waals surface area (Å²) in [7, 11) is 0. The van der Waals surface area contributed by atoms with E-state index in [0.29, 0.717) is 6.42 Å². The Balaban J connectivity index is 2.25. The van der Waals surface area contributed by atoms with E-state index in [0.717, 1.165) is 16.5 Å². The molecule has 0 aliphatic carbocycles. The second-order valence-corrected chi connectivity index (χ2v) is 9.32. The summed E-state index contributed by atoms with van der Waals surface area (Å²) >= 11 is 5.74. The molecule has 0 bridgehead atoms. The van der Waals surface area contributed by atoms with Crippen molar-refractivity contribution in [1.29, 1.82) is 0 Å². The van der Waals surface area contributed by atoms with Gasteiger partial charge in [-0.2, -0.15) is 0 Å². The van der Waals surface area contributed by atoms with Crippen LogP contribution in [-0.4, -0.2) is 46.3 Å². The molecule has 0 aliphatic rings. The summed E-state index contributed by atoms with van der Waals surface area (Å²) in [5.74, 6) is -0.722. The normalized spacial score (nSPS) is 13.6. The Morgan fingerprint density at radius 3 is 2.39 bits per heavy atom. The van der Waals surface area contributed by atoms with Gasteiger partial charge in [-0.1, -0.05) is 32.0 Å². The lowest BCUT2D eigenvalue weighted by molar-refractivity contribution is -0.128. The third-order valence-corrected chi connectivity index (χ3v) is 4.91. The number of amides is 2. The predicted octanol–water partition coefficient (Wildman–Crippen LogP) is 3.94. The van der Waals surface area contributed by atoms with Crippen molar-refractivity contribution in [3.05, 3.63) is 36.0 Å². The molecule has 2 amide bonds. The van der Waals surface area contributed by atoms with Gasteiger partial charge in [0.05, 0.1) is 11.9 Å². The molecule has 0 spiro atoms. The van der Waals surface area contributed by atoms with E-state index in [1.165, 1.54) is 0 Å². The molecule has 0 saturated carbocycles. The van der Waals surface area contributed by atoms with Gasteiger partial charge in [-0.3, -0.25) is 9.59 Å². The number of Topliss-reactive ketones (excluding diaryl/α,β-unsaturated/α-hetero) is 1. The summed E-state index contributed by atoms with van der Waals surface area (Å²) in [6.45, 7) is 9.17. The zero-order valence-electron chi connectivity index (χ0n) is 18.8. The van der Waals surface area contributed by atoms with Gasteiger partial charge in [-0.05, 0) is 44.7 Å². The molecular weight excluding hydrogens is 418 g/mol. The van der Waals surface area contributed by atoms with Crippen LogP contribution in [-0.2, 0) is 20.7 Å². The van der Waals surface area contributed by atoms with E-state index in [4.69, 9.17) is 16.3 Å². The number of benzene rings is 1. The van der Waals surface area contributed by atoms with Crippen LogP contribution in [0.15, 0.2) is 30.5 Å². The van der Waals surface area contributed by atoms with Crippen LogP contribution in [0.3, 0.4) is 0 Å². The molecule has 1 heterocycles. The largest absolute Gasteiger partial charge is 0.444 e. The third-order valence-electron chi connectivity index (χ3n) is 4.65. The minimum atomic E-state index is -0.924. The number of para-hydroxylation sites is 1. The molecule has 1 aromatic heterocycles. The summed E-state index contributed by atoms with van der Waals surface area (Å²) in [6, 6.07) is 6.08. The number of aromatic amines is 1. The van der Waals surface area contributed by atoms with Crippen LogP contribution in [0.1, 0.15) is 46.6 Å². The second kappa shape index (κ2) is 10.7. The Kier molecular flexibility index (Phi) is 8.51. The smallest absolute Gasteiger partial charge is 0.408 e. The average Bonchev–Trinajstić information content (AvgIpc) is 3.07. The lowest BCUT2D eigenvalue weighted by atomic mass is 9.99. The Bertz CT molecular complexity index is 917. The van der Waals surface area contributed by atoms with E-state index in [1.54, 1.807) is 20.8 Å². The predicted molar refractivity (Wildman–Crippen MR) is 122 cm³/mol. The fourth-order valence-electron chi connectivity index (χ4n) is 3.29. The van der Waals surface area contributed by atoms with Crippen LogP contribution in [0.25, 0.3) is 10.9 Å². The number of ether oxygens (including phenoxy) is 1. The van der Waals surface area contributed by atoms with Crippen LogP contribution in [0.5, 0.6) is 0 Å². The number of carbonyl (C=O) groups excluding carboxylic acids is 3. The number of alkyl carbamates (subject to hydrolysis) is 1. The van der Waals surface area contributed by atoms with E-state index in [2.05, 4.69) is 15.6 Å². The number of aromatic nitrogens is 1. The number of carbonyl (C=O) groups is 3. The summed E-state index contributed by atoms with van der Waals surface area (Å²) in [6.07, 6.45) is 1.82. The lowest BCUT2D eigenvalue weighted by Crippen LogP contribution is -2.53. The molecule has 2 rings (SSSR count). The summed E-state index contributed by atoms with van der Waals surface area (Å²) in [5, 5.41) is 6.40. The molecule has 1 aromatic carbocycles. The first-order valence-electron chi connectivity index (χ1n) is 10.4. The standard InChI is InChI=1S/C23H32ClN3O4/c1-14(2)10-18(20(28)12-24)26-21(29)19(27-22(30)31-23(3,4)5)11-15-13-25-17-9-7-6-8-16(15)17/h6-9,13-14,18-19,25H,10-12H2,1-5H3,(H,26,29)(H,27,30)/t18-,19-/m0/s1. The topological polar surface area (TPSA) is 100 Å². The highest BCUT2D eigenvalue weighted by Crippen LogP contribution is 2.20. The Morgan fingerprint density at radius 2 is 1.77 bits per heavy atom. The van der Waals surface area contributed by atoms with E-state index >= 15 is 0 Å². The van der Waals surface area contributed by atoms with Gasteiger partial charge in [0.2, 0.25) is 5.91 Å². The van der Waals surface area contributed by atoms with Crippen molar-refractivity contribution < 1.29 is 19.1 Å². The average molecular weight is 450 g/mol. The molecule has 2 aromatic rings. The van der Waals surface area contributed by atoms with Crippen LogP contribution in [0, 0.1) is 5.92 Å². The lowest BCUT2D eigenvalue weighted by Gasteiger charge is -2.25. The molecule has 0 fully saturated rings. The van der Waals surface area contributed by atoms with E-state index < -0.39 is 29.7 Å². The number of rotatable bonds is 9. The second-order valence-electron chi connectivity index (χ2n) is 9.05. The highest BCUT2D eigenvalue weighted by atomic mass is 35.5. The number of hydrogen-bond donors (Lipinski definition) is 3. The molecule has 3 N–H and O–H groups in total. The number of nitrogens with one attached hydrogen (secondary N) is 3. The molecule has 7 nitrogen and oxygen atoms in total. The van der Waals surface area contributed by atoms with Gasteiger partial charge in [0.15, 0.2) is 5.78 Å². The van der Waals surface area contributed by atoms with Crippen molar-refractivity contribution in [2.75, 3.05) is 5.88 Å². The van der Waals surface area contributed by atoms with Crippen LogP contribution >= 0.6 is 11.6 Å².